The molecule has 4 rings (SSSR count). The summed E-state index contributed by atoms with van der Waals surface area (Å²) in [7, 11) is 0. The Morgan fingerprint density at radius 2 is 2.43 bits per heavy atom. The number of nitrogen functional groups attached to an aromatic ring is 1. The maximum atomic E-state index is 11.8. The summed E-state index contributed by atoms with van der Waals surface area (Å²) in [6.45, 7) is -0.265. The predicted molar refractivity (Wildman–Crippen MR) is 68.2 cm³/mol. The number of nitrogens with one attached hydrogen (secondary N) is 1. The van der Waals surface area contributed by atoms with Crippen LogP contribution in [-0.4, -0.2) is 60.8 Å². The Morgan fingerprint density at radius 1 is 1.62 bits per heavy atom. The van der Waals surface area contributed by atoms with Crippen LogP contribution in [0.3, 0.4) is 0 Å². The van der Waals surface area contributed by atoms with Crippen molar-refractivity contribution < 1.29 is 19.7 Å². The van der Waals surface area contributed by atoms with Crippen molar-refractivity contribution in [3.63, 3.8) is 0 Å². The molecule has 10 heteroatoms. The molecule has 4 atom stereocenters. The molecule has 4 heterocycles. The average molecular weight is 295 g/mol. The van der Waals surface area contributed by atoms with E-state index in [9.17, 15) is 15.0 Å². The maximum Gasteiger partial charge on any atom is 0.280 e. The smallest absolute Gasteiger partial charge is 0.280 e. The summed E-state index contributed by atoms with van der Waals surface area (Å²) < 4.78 is 12.7. The van der Waals surface area contributed by atoms with Crippen LogP contribution in [-0.2, 0) is 9.47 Å². The summed E-state index contributed by atoms with van der Waals surface area (Å²) in [6.07, 6.45) is -1.00. The van der Waals surface area contributed by atoms with E-state index in [1.807, 2.05) is 0 Å². The fourth-order valence-electron chi connectivity index (χ4n) is 2.88. The van der Waals surface area contributed by atoms with Gasteiger partial charge in [-0.05, 0) is 0 Å². The van der Waals surface area contributed by atoms with Gasteiger partial charge < -0.3 is 25.4 Å². The van der Waals surface area contributed by atoms with Gasteiger partial charge in [0.05, 0.1) is 19.5 Å². The molecule has 112 valence electrons. The molecule has 0 aliphatic carbocycles. The number of imidazole rings is 1. The van der Waals surface area contributed by atoms with Crippen molar-refractivity contribution in [2.45, 2.75) is 24.0 Å². The van der Waals surface area contributed by atoms with Crippen LogP contribution < -0.4 is 11.3 Å². The van der Waals surface area contributed by atoms with Crippen LogP contribution in [0.15, 0.2) is 11.1 Å². The second-order valence-electron chi connectivity index (χ2n) is 5.23. The number of aliphatic hydroxyl groups excluding tert-OH is 2. The number of hydrogen-bond donors (Lipinski definition) is 4. The number of fused-ring (bicyclic) bond motifs is 3. The van der Waals surface area contributed by atoms with Gasteiger partial charge in [-0.2, -0.15) is 4.98 Å². The molecule has 2 aromatic heterocycles. The molecule has 0 radical (unpaired) electrons. The summed E-state index contributed by atoms with van der Waals surface area (Å²) in [4.78, 5) is 22.1. The molecule has 2 fully saturated rings. The predicted octanol–water partition coefficient (Wildman–Crippen LogP) is -2.28. The SMILES string of the molecule is Nc1nc2c(ncn2[C@H]2O[C@@]3(CO)CO[C@@H]2[C@@H]3O)c(=O)[nH]1. The highest BCUT2D eigenvalue weighted by atomic mass is 16.7. The van der Waals surface area contributed by atoms with E-state index in [0.717, 1.165) is 0 Å². The number of H-pyrrole nitrogens is 1. The van der Waals surface area contributed by atoms with Gasteiger partial charge >= 0.3 is 0 Å². The highest BCUT2D eigenvalue weighted by Gasteiger charge is 2.61. The lowest BCUT2D eigenvalue weighted by atomic mass is 10.0. The quantitative estimate of drug-likeness (QED) is 0.484. The molecule has 0 amide bonds. The number of ether oxygens (including phenoxy) is 2. The van der Waals surface area contributed by atoms with E-state index in [1.54, 1.807) is 0 Å². The first-order chi connectivity index (χ1) is 10.1. The minimum Gasteiger partial charge on any atom is -0.393 e. The number of nitrogens with zero attached hydrogens (tertiary/aromatic N) is 3. The molecule has 2 aromatic rings. The van der Waals surface area contributed by atoms with Gasteiger partial charge in [0.1, 0.15) is 17.8 Å². The number of rotatable bonds is 2. The Kier molecular flexibility index (Phi) is 2.43. The van der Waals surface area contributed by atoms with E-state index in [1.165, 1.54) is 10.9 Å². The minimum atomic E-state index is -1.15. The summed E-state index contributed by atoms with van der Waals surface area (Å²) in [5.41, 5.74) is 4.27. The second kappa shape index (κ2) is 4.01. The lowest BCUT2D eigenvalue weighted by Gasteiger charge is -2.29. The first kappa shape index (κ1) is 12.7. The Labute approximate surface area is 117 Å². The van der Waals surface area contributed by atoms with Gasteiger partial charge in [0, 0.05) is 0 Å². The molecular formula is C11H13N5O5. The number of anilines is 1. The summed E-state index contributed by atoms with van der Waals surface area (Å²) in [5.74, 6) is -0.0456. The van der Waals surface area contributed by atoms with Crippen molar-refractivity contribution >= 4 is 17.1 Å². The van der Waals surface area contributed by atoms with Crippen molar-refractivity contribution in [1.82, 2.24) is 19.5 Å². The third-order valence-corrected chi connectivity index (χ3v) is 4.00. The molecule has 5 N–H and O–H groups in total. The molecule has 2 bridgehead atoms. The van der Waals surface area contributed by atoms with Crippen LogP contribution in [0.4, 0.5) is 5.95 Å². The fourth-order valence-corrected chi connectivity index (χ4v) is 2.88. The van der Waals surface area contributed by atoms with Crippen molar-refractivity contribution in [2.75, 3.05) is 18.9 Å². The van der Waals surface area contributed by atoms with Crippen LogP contribution in [0, 0.1) is 0 Å². The number of nitrogens with two attached hydrogens (primary N) is 1. The largest absolute Gasteiger partial charge is 0.393 e. The van der Waals surface area contributed by atoms with Gasteiger partial charge in [0.15, 0.2) is 17.4 Å². The summed E-state index contributed by atoms with van der Waals surface area (Å²) in [5, 5.41) is 19.6. The topological polar surface area (TPSA) is 149 Å². The van der Waals surface area contributed by atoms with E-state index in [-0.39, 0.29) is 30.3 Å². The molecule has 0 unspecified atom stereocenters. The van der Waals surface area contributed by atoms with Crippen LogP contribution in [0.2, 0.25) is 0 Å². The third kappa shape index (κ3) is 1.52. The number of aliphatic hydroxyl groups is 2. The van der Waals surface area contributed by atoms with Gasteiger partial charge in [0.2, 0.25) is 5.95 Å². The van der Waals surface area contributed by atoms with Crippen LogP contribution in [0.5, 0.6) is 0 Å². The number of hydrogen-bond acceptors (Lipinski definition) is 8. The zero-order chi connectivity index (χ0) is 14.8. The highest BCUT2D eigenvalue weighted by molar-refractivity contribution is 5.70. The zero-order valence-corrected chi connectivity index (χ0v) is 10.8. The molecule has 21 heavy (non-hydrogen) atoms. The monoisotopic (exact) mass is 295 g/mol. The molecular weight excluding hydrogens is 282 g/mol. The third-order valence-electron chi connectivity index (χ3n) is 4.00. The molecule has 0 saturated carbocycles. The van der Waals surface area contributed by atoms with Gasteiger partial charge in [-0.25, -0.2) is 4.98 Å². The van der Waals surface area contributed by atoms with E-state index in [2.05, 4.69) is 15.0 Å². The van der Waals surface area contributed by atoms with Gasteiger partial charge in [-0.1, -0.05) is 0 Å². The molecule has 10 nitrogen and oxygen atoms in total. The Hall–Kier alpha value is -2.01. The molecule has 0 aromatic carbocycles. The van der Waals surface area contributed by atoms with Crippen molar-refractivity contribution in [2.24, 2.45) is 0 Å². The fraction of sp³-hybridized carbons (Fsp3) is 0.545. The van der Waals surface area contributed by atoms with Crippen molar-refractivity contribution in [3.05, 3.63) is 16.7 Å². The molecule has 0 spiro atoms. The minimum absolute atomic E-state index is 0.0456. The summed E-state index contributed by atoms with van der Waals surface area (Å²) in [6, 6.07) is 0. The molecule has 2 saturated heterocycles. The first-order valence-electron chi connectivity index (χ1n) is 6.36. The van der Waals surface area contributed by atoms with E-state index in [0.29, 0.717) is 0 Å². The van der Waals surface area contributed by atoms with E-state index in [4.69, 9.17) is 15.2 Å². The number of aromatic nitrogens is 4. The average Bonchev–Trinajstić information content (AvgIpc) is 3.09. The second-order valence-corrected chi connectivity index (χ2v) is 5.23. The van der Waals surface area contributed by atoms with Gasteiger partial charge in [-0.3, -0.25) is 14.3 Å². The van der Waals surface area contributed by atoms with E-state index < -0.39 is 29.6 Å². The Morgan fingerprint density at radius 3 is 3.14 bits per heavy atom. The van der Waals surface area contributed by atoms with Crippen LogP contribution in [0.1, 0.15) is 6.23 Å². The van der Waals surface area contributed by atoms with Gasteiger partial charge in [-0.15, -0.1) is 0 Å². The molecule has 2 aliphatic heterocycles. The number of aromatic amines is 1. The Balaban J connectivity index is 1.84. The van der Waals surface area contributed by atoms with Crippen molar-refractivity contribution in [1.29, 1.82) is 0 Å². The summed E-state index contributed by atoms with van der Waals surface area (Å²) >= 11 is 0. The lowest BCUT2D eigenvalue weighted by molar-refractivity contribution is -0.185. The van der Waals surface area contributed by atoms with Crippen LogP contribution in [0.25, 0.3) is 11.2 Å². The normalized spacial score (nSPS) is 34.9. The highest BCUT2D eigenvalue weighted by Crippen LogP contribution is 2.45. The van der Waals surface area contributed by atoms with Gasteiger partial charge in [0.25, 0.3) is 5.56 Å². The maximum absolute atomic E-state index is 11.8. The van der Waals surface area contributed by atoms with E-state index >= 15 is 0 Å². The first-order valence-corrected chi connectivity index (χ1v) is 6.36. The Bertz CT molecular complexity index is 772. The standard InChI is InChI=1S/C11H13N5O5/c12-10-14-7-4(8(19)15-10)13-3-16(7)9-5-6(18)11(1-17,21-9)2-20-5/h3,5-6,9,17-18H,1-2H2,(H3,12,14,15,19)/t5-,6+,9+,11+/m1/s1. The lowest BCUT2D eigenvalue weighted by Crippen LogP contribution is -2.44. The zero-order valence-electron chi connectivity index (χ0n) is 10.8. The molecule has 2 aliphatic rings. The van der Waals surface area contributed by atoms with Crippen LogP contribution >= 0.6 is 0 Å². The van der Waals surface area contributed by atoms with Crippen molar-refractivity contribution in [3.8, 4) is 0 Å².